The van der Waals surface area contributed by atoms with Gasteiger partial charge in [-0.15, -0.1) is 0 Å². The number of urea groups is 1. The fourth-order valence-electron chi connectivity index (χ4n) is 1.14. The molecule has 0 aromatic rings. The lowest BCUT2D eigenvalue weighted by Gasteiger charge is -2.09. The minimum atomic E-state index is -1.11. The lowest BCUT2D eigenvalue weighted by Crippen LogP contribution is -2.41. The van der Waals surface area contributed by atoms with Gasteiger partial charge in [-0.25, -0.2) is 4.79 Å². The Kier molecular flexibility index (Phi) is 7.90. The van der Waals surface area contributed by atoms with Crippen molar-refractivity contribution in [1.82, 2.24) is 16.0 Å². The van der Waals surface area contributed by atoms with Gasteiger partial charge in [-0.2, -0.15) is 0 Å². The molecule has 0 atom stereocenters. The van der Waals surface area contributed by atoms with Crippen molar-refractivity contribution in [1.29, 1.82) is 0 Å². The van der Waals surface area contributed by atoms with E-state index >= 15 is 0 Å². The average molecular weight is 273 g/mol. The number of carbonyl (C=O) groups is 4. The van der Waals surface area contributed by atoms with Crippen LogP contribution in [0.25, 0.3) is 0 Å². The monoisotopic (exact) mass is 273 g/mol. The van der Waals surface area contributed by atoms with Crippen molar-refractivity contribution in [3.05, 3.63) is 0 Å². The van der Waals surface area contributed by atoms with Gasteiger partial charge in [-0.05, 0) is 13.8 Å². The molecule has 19 heavy (non-hydrogen) atoms. The van der Waals surface area contributed by atoms with Crippen molar-refractivity contribution < 1.29 is 24.3 Å². The number of rotatable bonds is 7. The summed E-state index contributed by atoms with van der Waals surface area (Å²) in [6, 6.07) is -0.716. The molecule has 0 rings (SSSR count). The molecule has 0 aromatic carbocycles. The predicted octanol–water partition coefficient (Wildman–Crippen LogP) is -0.408. The minimum absolute atomic E-state index is 0.0268. The molecule has 8 heteroatoms. The summed E-state index contributed by atoms with van der Waals surface area (Å²) in [6.07, 6.45) is -0.499. The Hall–Kier alpha value is -2.12. The first-order valence-electron chi connectivity index (χ1n) is 5.90. The van der Waals surface area contributed by atoms with Crippen LogP contribution >= 0.6 is 0 Å². The number of carboxylic acid groups (broad SMARTS) is 1. The second-order valence-electron chi connectivity index (χ2n) is 4.17. The molecule has 0 aliphatic rings. The van der Waals surface area contributed by atoms with Crippen LogP contribution in [0.1, 0.15) is 33.1 Å². The number of imide groups is 1. The topological polar surface area (TPSA) is 125 Å². The lowest BCUT2D eigenvalue weighted by molar-refractivity contribution is -0.138. The molecular weight excluding hydrogens is 254 g/mol. The largest absolute Gasteiger partial charge is 0.481 e. The van der Waals surface area contributed by atoms with Gasteiger partial charge in [0.2, 0.25) is 11.8 Å². The van der Waals surface area contributed by atoms with E-state index in [1.54, 1.807) is 0 Å². The van der Waals surface area contributed by atoms with E-state index in [0.717, 1.165) is 0 Å². The second-order valence-corrected chi connectivity index (χ2v) is 4.17. The number of amides is 4. The molecular formula is C11H19N3O5. The van der Waals surface area contributed by atoms with Crippen molar-refractivity contribution in [2.75, 3.05) is 6.54 Å². The summed E-state index contributed by atoms with van der Waals surface area (Å²) in [5, 5.41) is 15.3. The first-order valence-corrected chi connectivity index (χ1v) is 5.90. The Morgan fingerprint density at radius 3 is 2.16 bits per heavy atom. The molecule has 0 aromatic heterocycles. The van der Waals surface area contributed by atoms with E-state index < -0.39 is 17.9 Å². The van der Waals surface area contributed by atoms with Crippen molar-refractivity contribution in [2.24, 2.45) is 0 Å². The molecule has 8 nitrogen and oxygen atoms in total. The molecule has 0 saturated heterocycles. The summed E-state index contributed by atoms with van der Waals surface area (Å²) < 4.78 is 0. The van der Waals surface area contributed by atoms with Gasteiger partial charge >= 0.3 is 12.0 Å². The summed E-state index contributed by atoms with van der Waals surface area (Å²) in [6.45, 7) is 3.73. The molecule has 0 aliphatic carbocycles. The van der Waals surface area contributed by atoms with Crippen LogP contribution in [0.3, 0.4) is 0 Å². The van der Waals surface area contributed by atoms with E-state index in [9.17, 15) is 19.2 Å². The molecule has 4 amide bonds. The van der Waals surface area contributed by atoms with Crippen LogP contribution in [0.2, 0.25) is 0 Å². The molecule has 0 spiro atoms. The van der Waals surface area contributed by atoms with Gasteiger partial charge in [-0.1, -0.05) is 0 Å². The van der Waals surface area contributed by atoms with Gasteiger partial charge in [0.05, 0.1) is 6.42 Å². The Morgan fingerprint density at radius 1 is 1.00 bits per heavy atom. The smallest absolute Gasteiger partial charge is 0.321 e. The third-order valence-electron chi connectivity index (χ3n) is 1.91. The summed E-state index contributed by atoms with van der Waals surface area (Å²) in [5.41, 5.74) is 0. The highest BCUT2D eigenvalue weighted by Gasteiger charge is 2.10. The number of carboxylic acids is 1. The van der Waals surface area contributed by atoms with Crippen molar-refractivity contribution >= 4 is 23.8 Å². The molecule has 108 valence electrons. The molecule has 0 aliphatic heterocycles. The van der Waals surface area contributed by atoms with E-state index in [1.165, 1.54) is 0 Å². The number of carbonyl (C=O) groups excluding carboxylic acids is 3. The van der Waals surface area contributed by atoms with Crippen molar-refractivity contribution in [3.8, 4) is 0 Å². The standard InChI is InChI=1S/C11H19N3O5/c1-7(2)13-9(16)5-6-12-11(19)14-8(15)3-4-10(17)18/h7H,3-6H2,1-2H3,(H,13,16)(H,17,18)(H2,12,14,15,19). The summed E-state index contributed by atoms with van der Waals surface area (Å²) >= 11 is 0. The van der Waals surface area contributed by atoms with Crippen LogP contribution in [0.15, 0.2) is 0 Å². The quantitative estimate of drug-likeness (QED) is 0.502. The zero-order chi connectivity index (χ0) is 14.8. The van der Waals surface area contributed by atoms with Gasteiger partial charge in [0.25, 0.3) is 0 Å². The first-order chi connectivity index (χ1) is 8.81. The highest BCUT2D eigenvalue weighted by molar-refractivity contribution is 5.95. The number of hydrogen-bond donors (Lipinski definition) is 4. The highest BCUT2D eigenvalue weighted by Crippen LogP contribution is 1.88. The molecule has 0 saturated carbocycles. The van der Waals surface area contributed by atoms with Gasteiger partial charge in [0, 0.05) is 25.4 Å². The Morgan fingerprint density at radius 2 is 1.63 bits per heavy atom. The maximum absolute atomic E-state index is 11.2. The van der Waals surface area contributed by atoms with E-state index in [1.807, 2.05) is 19.2 Å². The normalized spacial score (nSPS) is 9.84. The third kappa shape index (κ3) is 10.7. The Bertz CT molecular complexity index is 354. The lowest BCUT2D eigenvalue weighted by atomic mass is 10.3. The highest BCUT2D eigenvalue weighted by atomic mass is 16.4. The summed E-state index contributed by atoms with van der Waals surface area (Å²) in [5.74, 6) is -1.99. The van der Waals surface area contributed by atoms with E-state index in [-0.39, 0.29) is 37.8 Å². The fourth-order valence-corrected chi connectivity index (χ4v) is 1.14. The summed E-state index contributed by atoms with van der Waals surface area (Å²) in [4.78, 5) is 43.7. The number of hydrogen-bond acceptors (Lipinski definition) is 4. The van der Waals surface area contributed by atoms with E-state index in [4.69, 9.17) is 5.11 Å². The zero-order valence-electron chi connectivity index (χ0n) is 11.0. The van der Waals surface area contributed by atoms with Crippen molar-refractivity contribution in [3.63, 3.8) is 0 Å². The Balaban J connectivity index is 3.72. The van der Waals surface area contributed by atoms with Crippen LogP contribution in [-0.2, 0) is 14.4 Å². The van der Waals surface area contributed by atoms with Crippen LogP contribution < -0.4 is 16.0 Å². The van der Waals surface area contributed by atoms with E-state index in [0.29, 0.717) is 0 Å². The van der Waals surface area contributed by atoms with Gasteiger partial charge in [0.15, 0.2) is 0 Å². The van der Waals surface area contributed by atoms with Gasteiger partial charge in [-0.3, -0.25) is 19.7 Å². The fraction of sp³-hybridized carbons (Fsp3) is 0.636. The first kappa shape index (κ1) is 16.9. The molecule has 0 unspecified atom stereocenters. The maximum Gasteiger partial charge on any atom is 0.321 e. The Labute approximate surface area is 110 Å². The van der Waals surface area contributed by atoms with Crippen LogP contribution in [-0.4, -0.2) is 41.5 Å². The average Bonchev–Trinajstić information content (AvgIpc) is 2.25. The number of nitrogens with one attached hydrogen (secondary N) is 3. The zero-order valence-corrected chi connectivity index (χ0v) is 11.0. The molecule has 0 bridgehead atoms. The predicted molar refractivity (Wildman–Crippen MR) is 66.3 cm³/mol. The van der Waals surface area contributed by atoms with Gasteiger partial charge < -0.3 is 15.7 Å². The van der Waals surface area contributed by atoms with E-state index in [2.05, 4.69) is 10.6 Å². The van der Waals surface area contributed by atoms with Crippen LogP contribution in [0.5, 0.6) is 0 Å². The molecule has 4 N–H and O–H groups in total. The molecule has 0 fully saturated rings. The number of aliphatic carboxylic acids is 1. The third-order valence-corrected chi connectivity index (χ3v) is 1.91. The summed E-state index contributed by atoms with van der Waals surface area (Å²) in [7, 11) is 0. The molecule has 0 heterocycles. The van der Waals surface area contributed by atoms with Gasteiger partial charge in [0.1, 0.15) is 0 Å². The maximum atomic E-state index is 11.2. The van der Waals surface area contributed by atoms with Crippen LogP contribution in [0, 0.1) is 0 Å². The second kappa shape index (κ2) is 8.90. The minimum Gasteiger partial charge on any atom is -0.481 e. The molecule has 0 radical (unpaired) electrons. The van der Waals surface area contributed by atoms with Crippen LogP contribution in [0.4, 0.5) is 4.79 Å². The van der Waals surface area contributed by atoms with Crippen molar-refractivity contribution in [2.45, 2.75) is 39.2 Å². The SMILES string of the molecule is CC(C)NC(=O)CCNC(=O)NC(=O)CCC(=O)O.